The third-order valence-electron chi connectivity index (χ3n) is 11.9. The van der Waals surface area contributed by atoms with Crippen LogP contribution < -0.4 is 10.6 Å². The van der Waals surface area contributed by atoms with Crippen LogP contribution >= 0.6 is 0 Å². The summed E-state index contributed by atoms with van der Waals surface area (Å²) in [6.07, 6.45) is 16.4. The molecule has 2 heterocycles. The van der Waals surface area contributed by atoms with Crippen molar-refractivity contribution >= 4 is 11.8 Å². The number of aliphatic hydroxyl groups excluding tert-OH is 1. The number of aliphatic hydroxyl groups is 1. The zero-order chi connectivity index (χ0) is 29.0. The lowest BCUT2D eigenvalue weighted by molar-refractivity contribution is -0.136. The molecule has 5 aliphatic rings. The zero-order valence-electron chi connectivity index (χ0n) is 25.8. The summed E-state index contributed by atoms with van der Waals surface area (Å²) in [6.45, 7) is 6.29. The molecule has 5 unspecified atom stereocenters. The number of fused-ring (bicyclic) bond motifs is 1. The summed E-state index contributed by atoms with van der Waals surface area (Å²) in [5.41, 5.74) is -0.249. The lowest BCUT2D eigenvalue weighted by atomic mass is 9.59. The molecule has 7 nitrogen and oxygen atoms in total. The van der Waals surface area contributed by atoms with E-state index in [0.29, 0.717) is 37.3 Å². The average molecular weight is 577 g/mol. The lowest BCUT2D eigenvalue weighted by Gasteiger charge is -2.51. The number of hydrogen-bond acceptors (Lipinski definition) is 5. The highest BCUT2D eigenvalue weighted by Gasteiger charge is 2.59. The van der Waals surface area contributed by atoms with Gasteiger partial charge in [0.15, 0.2) is 0 Å². The van der Waals surface area contributed by atoms with Gasteiger partial charge in [0.2, 0.25) is 11.8 Å². The molecule has 0 aromatic heterocycles. The van der Waals surface area contributed by atoms with Crippen molar-refractivity contribution in [3.8, 4) is 0 Å². The molecule has 0 aromatic rings. The van der Waals surface area contributed by atoms with Gasteiger partial charge in [-0.05, 0) is 83.0 Å². The van der Waals surface area contributed by atoms with Gasteiger partial charge in [0, 0.05) is 49.2 Å². The third-order valence-corrected chi connectivity index (χ3v) is 11.9. The number of carbonyl (C=O) groups excluding carboxylic acids is 2. The van der Waals surface area contributed by atoms with Crippen molar-refractivity contribution in [2.75, 3.05) is 26.2 Å². The number of amides is 2. The van der Waals surface area contributed by atoms with Crippen LogP contribution in [0.4, 0.5) is 4.39 Å². The van der Waals surface area contributed by atoms with E-state index in [2.05, 4.69) is 22.5 Å². The molecule has 8 atom stereocenters. The number of alkyl halides is 1. The lowest BCUT2D eigenvalue weighted by Crippen LogP contribution is -2.62. The van der Waals surface area contributed by atoms with Crippen LogP contribution in [-0.2, 0) is 9.59 Å². The van der Waals surface area contributed by atoms with Gasteiger partial charge in [0.1, 0.15) is 12.8 Å². The SMILES string of the molecule is CCN(C(=O)CO)[C@@H]1CCN([C@H]2CCC[C@@H](NC(=O)C3CC4C(F)CCC(C)C4(C4CCCCCCCC4)N3)C2)C1. The number of nitrogens with one attached hydrogen (secondary N) is 2. The molecule has 0 spiro atoms. The minimum atomic E-state index is -0.813. The summed E-state index contributed by atoms with van der Waals surface area (Å²) >= 11 is 0. The van der Waals surface area contributed by atoms with Crippen LogP contribution in [0.3, 0.4) is 0 Å². The fourth-order valence-electron chi connectivity index (χ4n) is 9.84. The summed E-state index contributed by atoms with van der Waals surface area (Å²) in [4.78, 5) is 30.3. The van der Waals surface area contributed by atoms with Crippen LogP contribution in [0, 0.1) is 17.8 Å². The molecule has 2 aliphatic heterocycles. The fourth-order valence-corrected chi connectivity index (χ4v) is 9.84. The second kappa shape index (κ2) is 14.0. The van der Waals surface area contributed by atoms with Gasteiger partial charge in [0.25, 0.3) is 0 Å². The van der Waals surface area contributed by atoms with Gasteiger partial charge >= 0.3 is 0 Å². The van der Waals surface area contributed by atoms with Gasteiger partial charge in [-0.25, -0.2) is 4.39 Å². The third kappa shape index (κ3) is 6.64. The topological polar surface area (TPSA) is 84.9 Å². The quantitative estimate of drug-likeness (QED) is 0.414. The first kappa shape index (κ1) is 31.2. The molecule has 0 aromatic carbocycles. The number of hydrogen-bond donors (Lipinski definition) is 3. The second-order valence-corrected chi connectivity index (χ2v) is 14.2. The summed E-state index contributed by atoms with van der Waals surface area (Å²) in [7, 11) is 0. The molecule has 8 heteroatoms. The molecular weight excluding hydrogens is 519 g/mol. The molecular formula is C33H57FN4O3. The maximum absolute atomic E-state index is 15.7. The Morgan fingerprint density at radius 2 is 1.71 bits per heavy atom. The number of likely N-dealkylation sites (N-methyl/N-ethyl adjacent to an activating group) is 1. The first-order valence-corrected chi connectivity index (χ1v) is 17.2. The standard InChI is InChI=1S/C33H57FN4O3/c1-3-38(31(40)22-39)27-17-18-37(21-27)26-14-10-13-25(19-26)35-32(41)30-20-28-29(34)16-15-23(2)33(28,36-30)24-11-8-6-4-5-7-9-12-24/h23-30,36,39H,3-22H2,1-2H3,(H,35,41)/t23?,25-,26+,27-,28?,29?,30?,33?/m1/s1. The van der Waals surface area contributed by atoms with Gasteiger partial charge in [-0.15, -0.1) is 0 Å². The molecule has 3 aliphatic carbocycles. The highest BCUT2D eigenvalue weighted by Crippen LogP contribution is 2.53. The monoisotopic (exact) mass is 576 g/mol. The number of halogens is 1. The largest absolute Gasteiger partial charge is 0.387 e. The Labute approximate surface area is 247 Å². The van der Waals surface area contributed by atoms with E-state index in [9.17, 15) is 14.7 Å². The molecule has 2 saturated heterocycles. The minimum Gasteiger partial charge on any atom is -0.387 e. The smallest absolute Gasteiger partial charge is 0.248 e. The van der Waals surface area contributed by atoms with Crippen molar-refractivity contribution in [1.29, 1.82) is 0 Å². The van der Waals surface area contributed by atoms with Crippen molar-refractivity contribution in [2.24, 2.45) is 17.8 Å². The van der Waals surface area contributed by atoms with Crippen LogP contribution in [0.15, 0.2) is 0 Å². The highest BCUT2D eigenvalue weighted by atomic mass is 19.1. The summed E-state index contributed by atoms with van der Waals surface area (Å²) in [5, 5.41) is 16.7. The van der Waals surface area contributed by atoms with E-state index < -0.39 is 12.8 Å². The summed E-state index contributed by atoms with van der Waals surface area (Å²) in [6, 6.07) is 0.405. The molecule has 0 bridgehead atoms. The van der Waals surface area contributed by atoms with Crippen LogP contribution in [0.2, 0.25) is 0 Å². The molecule has 41 heavy (non-hydrogen) atoms. The van der Waals surface area contributed by atoms with Gasteiger partial charge < -0.3 is 15.3 Å². The summed E-state index contributed by atoms with van der Waals surface area (Å²) in [5.74, 6) is 0.689. The Kier molecular flexibility index (Phi) is 10.7. The van der Waals surface area contributed by atoms with Gasteiger partial charge in [-0.2, -0.15) is 0 Å². The van der Waals surface area contributed by atoms with Crippen molar-refractivity contribution in [3.63, 3.8) is 0 Å². The predicted molar refractivity (Wildman–Crippen MR) is 160 cm³/mol. The Morgan fingerprint density at radius 3 is 2.41 bits per heavy atom. The second-order valence-electron chi connectivity index (χ2n) is 14.2. The van der Waals surface area contributed by atoms with Crippen molar-refractivity contribution in [1.82, 2.24) is 20.4 Å². The first-order valence-electron chi connectivity index (χ1n) is 17.2. The first-order chi connectivity index (χ1) is 19.9. The molecule has 0 radical (unpaired) electrons. The predicted octanol–water partition coefficient (Wildman–Crippen LogP) is 4.56. The number of carbonyl (C=O) groups is 2. The molecule has 5 fully saturated rings. The number of likely N-dealkylation sites (tertiary alicyclic amines) is 1. The van der Waals surface area contributed by atoms with E-state index in [1.54, 1.807) is 0 Å². The summed E-state index contributed by atoms with van der Waals surface area (Å²) < 4.78 is 15.7. The zero-order valence-corrected chi connectivity index (χ0v) is 25.8. The number of nitrogens with zero attached hydrogens (tertiary/aromatic N) is 2. The van der Waals surface area contributed by atoms with Crippen molar-refractivity contribution in [3.05, 3.63) is 0 Å². The van der Waals surface area contributed by atoms with Gasteiger partial charge in [0.05, 0.1) is 6.04 Å². The van der Waals surface area contributed by atoms with E-state index >= 15 is 4.39 Å². The highest BCUT2D eigenvalue weighted by molar-refractivity contribution is 5.82. The maximum atomic E-state index is 15.7. The van der Waals surface area contributed by atoms with Crippen LogP contribution in [0.5, 0.6) is 0 Å². The van der Waals surface area contributed by atoms with E-state index in [0.717, 1.165) is 64.5 Å². The molecule has 234 valence electrons. The van der Waals surface area contributed by atoms with Crippen LogP contribution in [-0.4, -0.2) is 88.8 Å². The maximum Gasteiger partial charge on any atom is 0.248 e. The molecule has 5 rings (SSSR count). The molecule has 2 amide bonds. The fraction of sp³-hybridized carbons (Fsp3) is 0.939. The van der Waals surface area contributed by atoms with Crippen molar-refractivity contribution in [2.45, 2.75) is 152 Å². The van der Waals surface area contributed by atoms with E-state index in [1.807, 2.05) is 11.8 Å². The average Bonchev–Trinajstić information content (AvgIpc) is 3.65. The Morgan fingerprint density at radius 1 is 0.976 bits per heavy atom. The normalized spacial score (nSPS) is 39.4. The van der Waals surface area contributed by atoms with Gasteiger partial charge in [-0.1, -0.05) is 45.4 Å². The van der Waals surface area contributed by atoms with Crippen LogP contribution in [0.25, 0.3) is 0 Å². The minimum absolute atomic E-state index is 0.0588. The Balaban J connectivity index is 1.21. The molecule has 3 saturated carbocycles. The van der Waals surface area contributed by atoms with Crippen LogP contribution in [0.1, 0.15) is 117 Å². The van der Waals surface area contributed by atoms with Crippen molar-refractivity contribution < 1.29 is 19.1 Å². The van der Waals surface area contributed by atoms with E-state index in [4.69, 9.17) is 0 Å². The number of rotatable bonds is 7. The van der Waals surface area contributed by atoms with E-state index in [-0.39, 0.29) is 41.4 Å². The Hall–Kier alpha value is -1.25. The Bertz CT molecular complexity index is 881. The van der Waals surface area contributed by atoms with E-state index in [1.165, 1.54) is 38.5 Å². The molecule has 3 N–H and O–H groups in total. The van der Waals surface area contributed by atoms with Gasteiger partial charge in [-0.3, -0.25) is 19.8 Å².